The van der Waals surface area contributed by atoms with Crippen molar-refractivity contribution < 1.29 is 0 Å². The molecule has 0 amide bonds. The van der Waals surface area contributed by atoms with E-state index in [1.165, 1.54) is 0 Å². The molecule has 18 heavy (non-hydrogen) atoms. The molecule has 6 heteroatoms. The predicted molar refractivity (Wildman–Crippen MR) is 75.0 cm³/mol. The zero-order valence-electron chi connectivity index (χ0n) is 10.9. The van der Waals surface area contributed by atoms with Crippen LogP contribution in [0.4, 0.5) is 11.8 Å². The van der Waals surface area contributed by atoms with Crippen molar-refractivity contribution in [2.45, 2.75) is 25.8 Å². The lowest BCUT2D eigenvalue weighted by Crippen LogP contribution is -2.43. The van der Waals surface area contributed by atoms with Gasteiger partial charge in [0.05, 0.1) is 6.20 Å². The fraction of sp³-hybridized carbons (Fsp3) is 0.667. The fourth-order valence-electron chi connectivity index (χ4n) is 2.41. The summed E-state index contributed by atoms with van der Waals surface area (Å²) in [6.45, 7) is 5.58. The molecule has 2 N–H and O–H groups in total. The summed E-state index contributed by atoms with van der Waals surface area (Å²) in [4.78, 5) is 12.7. The average Bonchev–Trinajstić information content (AvgIpc) is 2.41. The minimum absolute atomic E-state index is 0.271. The van der Waals surface area contributed by atoms with E-state index in [0.717, 1.165) is 38.3 Å². The lowest BCUT2D eigenvalue weighted by molar-refractivity contribution is 0.220. The monoisotopic (exact) mass is 269 g/mol. The van der Waals surface area contributed by atoms with Gasteiger partial charge in [0.25, 0.3) is 0 Å². The van der Waals surface area contributed by atoms with Crippen molar-refractivity contribution in [2.24, 2.45) is 0 Å². The summed E-state index contributed by atoms with van der Waals surface area (Å²) in [5.41, 5.74) is 5.62. The minimum Gasteiger partial charge on any atom is -0.368 e. The summed E-state index contributed by atoms with van der Waals surface area (Å²) in [6.07, 6.45) is 3.83. The molecule has 1 aliphatic heterocycles. The zero-order valence-corrected chi connectivity index (χ0v) is 11.7. The molecule has 5 nitrogen and oxygen atoms in total. The molecule has 0 atom stereocenters. The zero-order chi connectivity index (χ0) is 13.1. The molecule has 2 heterocycles. The van der Waals surface area contributed by atoms with Crippen LogP contribution in [0.1, 0.15) is 19.8 Å². The second-order valence-electron chi connectivity index (χ2n) is 4.68. The maximum Gasteiger partial charge on any atom is 0.222 e. The highest BCUT2D eigenvalue weighted by Gasteiger charge is 2.23. The number of nitrogens with zero attached hydrogens (tertiary/aromatic N) is 4. The first-order valence-corrected chi connectivity index (χ1v) is 6.72. The Hall–Kier alpha value is -1.07. The Balaban J connectivity index is 2.07. The summed E-state index contributed by atoms with van der Waals surface area (Å²) >= 11 is 6.13. The van der Waals surface area contributed by atoms with Gasteiger partial charge in [-0.2, -0.15) is 4.98 Å². The lowest BCUT2D eigenvalue weighted by Gasteiger charge is -2.37. The Morgan fingerprint density at radius 2 is 2.17 bits per heavy atom. The van der Waals surface area contributed by atoms with Gasteiger partial charge in [-0.3, -0.25) is 0 Å². The molecule has 0 unspecified atom stereocenters. The highest BCUT2D eigenvalue weighted by atomic mass is 35.5. The summed E-state index contributed by atoms with van der Waals surface area (Å²) < 4.78 is 0. The van der Waals surface area contributed by atoms with Gasteiger partial charge in [-0.15, -0.1) is 0 Å². The first-order chi connectivity index (χ1) is 8.61. The third-order valence-corrected chi connectivity index (χ3v) is 3.90. The van der Waals surface area contributed by atoms with Gasteiger partial charge in [0.1, 0.15) is 5.02 Å². The molecule has 1 aromatic heterocycles. The Kier molecular flexibility index (Phi) is 4.24. The van der Waals surface area contributed by atoms with Crippen molar-refractivity contribution in [1.29, 1.82) is 0 Å². The summed E-state index contributed by atoms with van der Waals surface area (Å²) in [5.74, 6) is 1.01. The molecular weight excluding hydrogens is 250 g/mol. The van der Waals surface area contributed by atoms with Gasteiger partial charge < -0.3 is 15.5 Å². The van der Waals surface area contributed by atoms with Gasteiger partial charge in [-0.25, -0.2) is 4.98 Å². The molecule has 1 fully saturated rings. The number of piperidine rings is 1. The number of hydrogen-bond donors (Lipinski definition) is 1. The van der Waals surface area contributed by atoms with Crippen LogP contribution in [0.2, 0.25) is 5.02 Å². The maximum absolute atomic E-state index is 6.13. The van der Waals surface area contributed by atoms with E-state index in [0.29, 0.717) is 11.1 Å². The second kappa shape index (κ2) is 5.71. The normalized spacial score (nSPS) is 17.9. The number of rotatable bonds is 3. The van der Waals surface area contributed by atoms with Crippen LogP contribution in [0, 0.1) is 0 Å². The van der Waals surface area contributed by atoms with E-state index in [1.54, 1.807) is 6.20 Å². The highest BCUT2D eigenvalue weighted by Crippen LogP contribution is 2.26. The quantitative estimate of drug-likeness (QED) is 0.904. The van der Waals surface area contributed by atoms with E-state index in [9.17, 15) is 0 Å². The second-order valence-corrected chi connectivity index (χ2v) is 5.08. The van der Waals surface area contributed by atoms with Crippen molar-refractivity contribution in [3.63, 3.8) is 0 Å². The van der Waals surface area contributed by atoms with Crippen LogP contribution in [0.5, 0.6) is 0 Å². The number of halogens is 1. The van der Waals surface area contributed by atoms with E-state index in [4.69, 9.17) is 17.3 Å². The molecule has 2 rings (SSSR count). The molecule has 0 aromatic carbocycles. The number of anilines is 2. The van der Waals surface area contributed by atoms with Gasteiger partial charge in [0.15, 0.2) is 5.82 Å². The van der Waals surface area contributed by atoms with Crippen LogP contribution in [-0.4, -0.2) is 47.6 Å². The molecule has 0 aliphatic carbocycles. The number of hydrogen-bond acceptors (Lipinski definition) is 5. The van der Waals surface area contributed by atoms with E-state index in [1.807, 2.05) is 7.05 Å². The first kappa shape index (κ1) is 13.4. The highest BCUT2D eigenvalue weighted by molar-refractivity contribution is 6.32. The maximum atomic E-state index is 6.13. The standard InChI is InChI=1S/C12H20ClN5/c1-3-18-6-4-9(5-7-18)17(2)11-10(13)8-15-12(14)16-11/h8-9H,3-7H2,1-2H3,(H2,14,15,16). The fourth-order valence-corrected chi connectivity index (χ4v) is 2.64. The van der Waals surface area contributed by atoms with Crippen LogP contribution >= 0.6 is 11.6 Å². The lowest BCUT2D eigenvalue weighted by atomic mass is 10.0. The van der Waals surface area contributed by atoms with Gasteiger partial charge in [0.2, 0.25) is 5.95 Å². The van der Waals surface area contributed by atoms with E-state index >= 15 is 0 Å². The van der Waals surface area contributed by atoms with Crippen molar-refractivity contribution in [3.8, 4) is 0 Å². The minimum atomic E-state index is 0.271. The molecular formula is C12H20ClN5. The average molecular weight is 270 g/mol. The molecule has 1 aromatic rings. The molecule has 0 spiro atoms. The van der Waals surface area contributed by atoms with Crippen molar-refractivity contribution in [3.05, 3.63) is 11.2 Å². The third kappa shape index (κ3) is 2.84. The predicted octanol–water partition coefficient (Wildman–Crippen LogP) is 1.63. The van der Waals surface area contributed by atoms with E-state index < -0.39 is 0 Å². The van der Waals surface area contributed by atoms with Crippen LogP contribution in [0.3, 0.4) is 0 Å². The Morgan fingerprint density at radius 3 is 2.78 bits per heavy atom. The van der Waals surface area contributed by atoms with Crippen LogP contribution in [0.25, 0.3) is 0 Å². The van der Waals surface area contributed by atoms with Crippen molar-refractivity contribution >= 4 is 23.4 Å². The van der Waals surface area contributed by atoms with Gasteiger partial charge in [0, 0.05) is 26.2 Å². The Labute approximate surface area is 113 Å². The smallest absolute Gasteiger partial charge is 0.222 e. The molecule has 1 saturated heterocycles. The Morgan fingerprint density at radius 1 is 1.50 bits per heavy atom. The van der Waals surface area contributed by atoms with Crippen LogP contribution in [-0.2, 0) is 0 Å². The SMILES string of the molecule is CCN1CCC(N(C)c2nc(N)ncc2Cl)CC1. The number of nitrogen functional groups attached to an aromatic ring is 1. The summed E-state index contributed by atoms with van der Waals surface area (Å²) in [7, 11) is 2.03. The van der Waals surface area contributed by atoms with Crippen molar-refractivity contribution in [2.75, 3.05) is 37.3 Å². The van der Waals surface area contributed by atoms with E-state index in [-0.39, 0.29) is 5.95 Å². The van der Waals surface area contributed by atoms with E-state index in [2.05, 4.69) is 26.7 Å². The van der Waals surface area contributed by atoms with Gasteiger partial charge >= 0.3 is 0 Å². The largest absolute Gasteiger partial charge is 0.368 e. The summed E-state index contributed by atoms with van der Waals surface area (Å²) in [6, 6.07) is 0.472. The number of aromatic nitrogens is 2. The van der Waals surface area contributed by atoms with Gasteiger partial charge in [-0.1, -0.05) is 18.5 Å². The third-order valence-electron chi connectivity index (χ3n) is 3.63. The molecule has 1 aliphatic rings. The Bertz CT molecular complexity index is 403. The molecule has 100 valence electrons. The molecule has 0 bridgehead atoms. The number of nitrogens with two attached hydrogens (primary N) is 1. The number of likely N-dealkylation sites (tertiary alicyclic amines) is 1. The topological polar surface area (TPSA) is 58.3 Å². The van der Waals surface area contributed by atoms with Gasteiger partial charge in [-0.05, 0) is 19.4 Å². The van der Waals surface area contributed by atoms with Crippen LogP contribution < -0.4 is 10.6 Å². The molecule has 0 saturated carbocycles. The first-order valence-electron chi connectivity index (χ1n) is 6.35. The van der Waals surface area contributed by atoms with Crippen molar-refractivity contribution in [1.82, 2.24) is 14.9 Å². The molecule has 0 radical (unpaired) electrons. The van der Waals surface area contributed by atoms with Crippen LogP contribution in [0.15, 0.2) is 6.20 Å². The summed E-state index contributed by atoms with van der Waals surface area (Å²) in [5, 5.41) is 0.560.